The largest absolute Gasteiger partial charge is 0.447 e. The fourth-order valence-electron chi connectivity index (χ4n) is 6.55. The average molecular weight is 807 g/mol. The van der Waals surface area contributed by atoms with E-state index in [2.05, 4.69) is 15.9 Å². The summed E-state index contributed by atoms with van der Waals surface area (Å²) >= 11 is 3.27. The molecule has 0 aliphatic carbocycles. The first-order valence-electron chi connectivity index (χ1n) is 17.6. The number of amides is 2. The number of rotatable bonds is 17. The number of imide groups is 1. The molecular formula is C38H48BrNO13. The van der Waals surface area contributed by atoms with Gasteiger partial charge in [0.25, 0.3) is 5.91 Å². The third-order valence-electron chi connectivity index (χ3n) is 9.47. The number of aliphatic hydroxyl groups is 2. The number of methoxy groups -OCH3 is 2. The molecule has 290 valence electrons. The van der Waals surface area contributed by atoms with Crippen LogP contribution in [-0.2, 0) is 60.7 Å². The molecule has 0 spiro atoms. The van der Waals surface area contributed by atoms with Crippen molar-refractivity contribution in [1.29, 1.82) is 0 Å². The number of benzene rings is 2. The van der Waals surface area contributed by atoms with Crippen LogP contribution >= 0.6 is 15.9 Å². The number of nitrogens with zero attached hydrogens (tertiary/aromatic N) is 1. The highest BCUT2D eigenvalue weighted by molar-refractivity contribution is 9.11. The molecule has 2 saturated heterocycles. The van der Waals surface area contributed by atoms with Crippen LogP contribution in [0, 0.1) is 5.92 Å². The second-order valence-electron chi connectivity index (χ2n) is 13.4. The molecule has 14 nitrogen and oxygen atoms in total. The zero-order valence-corrected chi connectivity index (χ0v) is 31.8. The smallest absolute Gasteiger partial charge is 0.417 e. The normalized spacial score (nSPS) is 29.6. The predicted octanol–water partition coefficient (Wildman–Crippen LogP) is 3.64. The number of carbonyl (C=O) groups excluding carboxylic acids is 3. The Kier molecular flexibility index (Phi) is 14.7. The molecule has 2 N–H and O–H groups in total. The number of ketones is 1. The van der Waals surface area contributed by atoms with E-state index in [0.717, 1.165) is 22.1 Å². The maximum absolute atomic E-state index is 13.6. The standard InChI is InChI=1S/C38H48BrNO13/c1-23(2)26-22-51-37(44)40(26)35(43)33(46-3)30-27(42)18-29(39)38(45,53-30)16-11-17-48-34-32(50-21-25-14-9-6-10-15-25)31(28(19-41)52-36(34)47-4)49-20-24-12-7-5-8-13-24/h5-10,12-15,18,23,26,28,30-34,36,41,45H,11,16-17,19-22H2,1-4H3/t26-,28+,30+,31+,32-,33+,34-,36-,38-/m0/s1. The Balaban J connectivity index is 1.29. The van der Waals surface area contributed by atoms with Crippen LogP contribution in [0.2, 0.25) is 0 Å². The first-order chi connectivity index (χ1) is 25.5. The summed E-state index contributed by atoms with van der Waals surface area (Å²) in [7, 11) is 2.68. The average Bonchev–Trinajstić information content (AvgIpc) is 3.56. The van der Waals surface area contributed by atoms with Gasteiger partial charge in [0.1, 0.15) is 31.0 Å². The van der Waals surface area contributed by atoms with E-state index < -0.39 is 72.5 Å². The Labute approximate surface area is 317 Å². The second-order valence-corrected chi connectivity index (χ2v) is 14.2. The Hall–Kier alpha value is -3.09. The molecule has 0 bridgehead atoms. The van der Waals surface area contributed by atoms with Crippen molar-refractivity contribution in [3.63, 3.8) is 0 Å². The molecule has 3 aliphatic heterocycles. The van der Waals surface area contributed by atoms with Gasteiger partial charge in [-0.05, 0) is 45.5 Å². The molecule has 3 aliphatic rings. The molecule has 0 aromatic heterocycles. The van der Waals surface area contributed by atoms with Gasteiger partial charge in [-0.3, -0.25) is 9.59 Å². The van der Waals surface area contributed by atoms with Crippen molar-refractivity contribution in [1.82, 2.24) is 4.90 Å². The molecule has 2 aromatic rings. The summed E-state index contributed by atoms with van der Waals surface area (Å²) in [5, 5.41) is 22.0. The minimum atomic E-state index is -2.04. The van der Waals surface area contributed by atoms with Gasteiger partial charge < -0.3 is 48.1 Å². The Morgan fingerprint density at radius 3 is 2.15 bits per heavy atom. The van der Waals surface area contributed by atoms with Crippen molar-refractivity contribution < 1.29 is 62.5 Å². The van der Waals surface area contributed by atoms with Crippen LogP contribution in [0.4, 0.5) is 4.79 Å². The topological polar surface area (TPSA) is 169 Å². The van der Waals surface area contributed by atoms with Gasteiger partial charge in [0.15, 0.2) is 30.1 Å². The summed E-state index contributed by atoms with van der Waals surface area (Å²) in [6, 6.07) is 18.6. The van der Waals surface area contributed by atoms with Crippen LogP contribution in [0.25, 0.3) is 0 Å². The van der Waals surface area contributed by atoms with E-state index in [1.54, 1.807) is 0 Å². The van der Waals surface area contributed by atoms with E-state index in [1.165, 1.54) is 14.2 Å². The van der Waals surface area contributed by atoms with Gasteiger partial charge in [-0.15, -0.1) is 0 Å². The van der Waals surface area contributed by atoms with Crippen LogP contribution in [-0.4, -0.2) is 122 Å². The Morgan fingerprint density at radius 2 is 1.58 bits per heavy atom. The Bertz CT molecular complexity index is 1550. The highest BCUT2D eigenvalue weighted by Gasteiger charge is 2.51. The molecule has 0 unspecified atom stereocenters. The van der Waals surface area contributed by atoms with Crippen molar-refractivity contribution in [3.8, 4) is 0 Å². The molecular weight excluding hydrogens is 758 g/mol. The van der Waals surface area contributed by atoms with Gasteiger partial charge in [-0.2, -0.15) is 0 Å². The maximum atomic E-state index is 13.6. The van der Waals surface area contributed by atoms with Crippen LogP contribution in [0.1, 0.15) is 37.8 Å². The van der Waals surface area contributed by atoms with Gasteiger partial charge in [0, 0.05) is 27.2 Å². The molecule has 3 heterocycles. The number of halogens is 1. The quantitative estimate of drug-likeness (QED) is 0.223. The fraction of sp³-hybridized carbons (Fsp3) is 0.553. The zero-order valence-electron chi connectivity index (χ0n) is 30.2. The first-order valence-corrected chi connectivity index (χ1v) is 18.4. The van der Waals surface area contributed by atoms with Crippen molar-refractivity contribution in [2.45, 2.75) is 94.6 Å². The van der Waals surface area contributed by atoms with Crippen molar-refractivity contribution in [2.24, 2.45) is 5.92 Å². The molecule has 5 rings (SSSR count). The number of ether oxygens (including phenoxy) is 8. The molecule has 15 heteroatoms. The lowest BCUT2D eigenvalue weighted by Gasteiger charge is -2.45. The number of carbonyl (C=O) groups is 3. The third kappa shape index (κ3) is 9.78. The summed E-state index contributed by atoms with van der Waals surface area (Å²) in [5.41, 5.74) is 1.84. The fourth-order valence-corrected chi connectivity index (χ4v) is 7.07. The van der Waals surface area contributed by atoms with Gasteiger partial charge in [0.05, 0.1) is 30.3 Å². The van der Waals surface area contributed by atoms with Crippen LogP contribution in [0.5, 0.6) is 0 Å². The van der Waals surface area contributed by atoms with E-state index in [1.807, 2.05) is 74.5 Å². The lowest BCUT2D eigenvalue weighted by Crippen LogP contribution is -2.61. The highest BCUT2D eigenvalue weighted by Crippen LogP contribution is 2.37. The predicted molar refractivity (Wildman–Crippen MR) is 191 cm³/mol. The zero-order chi connectivity index (χ0) is 38.1. The summed E-state index contributed by atoms with van der Waals surface area (Å²) in [6.07, 6.45) is -6.73. The van der Waals surface area contributed by atoms with Gasteiger partial charge in [-0.1, -0.05) is 74.5 Å². The minimum Gasteiger partial charge on any atom is -0.447 e. The van der Waals surface area contributed by atoms with E-state index in [9.17, 15) is 24.6 Å². The molecule has 2 fully saturated rings. The summed E-state index contributed by atoms with van der Waals surface area (Å²) < 4.78 is 47.4. The van der Waals surface area contributed by atoms with Crippen LogP contribution in [0.15, 0.2) is 71.2 Å². The Morgan fingerprint density at radius 1 is 0.962 bits per heavy atom. The summed E-state index contributed by atoms with van der Waals surface area (Å²) in [4.78, 5) is 40.2. The lowest BCUT2D eigenvalue weighted by molar-refractivity contribution is -0.320. The summed E-state index contributed by atoms with van der Waals surface area (Å²) in [6.45, 7) is 3.83. The number of hydrogen-bond donors (Lipinski definition) is 2. The lowest BCUT2D eigenvalue weighted by atomic mass is 9.97. The van der Waals surface area contributed by atoms with E-state index in [-0.39, 0.29) is 56.3 Å². The minimum absolute atomic E-state index is 0.0161. The number of hydrogen-bond acceptors (Lipinski definition) is 13. The number of aliphatic hydroxyl groups excluding tert-OH is 1. The second kappa shape index (κ2) is 19.0. The van der Waals surface area contributed by atoms with Gasteiger partial charge >= 0.3 is 6.09 Å². The first kappa shape index (κ1) is 41.1. The SMILES string of the molecule is CO[C@H]1O[C@H](CO)[C@@H](OCc2ccccc2)[C@H](OCc2ccccc2)[C@@H]1OCCC[C@]1(O)O[C@@H]([C@@H](OC)C(=O)N2C(=O)OC[C@H]2C(C)C)C(=O)C=C1Br. The third-order valence-corrected chi connectivity index (χ3v) is 10.3. The molecule has 9 atom stereocenters. The monoisotopic (exact) mass is 805 g/mol. The van der Waals surface area contributed by atoms with Gasteiger partial charge in [-0.25, -0.2) is 9.69 Å². The molecule has 0 radical (unpaired) electrons. The van der Waals surface area contributed by atoms with E-state index >= 15 is 0 Å². The maximum Gasteiger partial charge on any atom is 0.417 e. The van der Waals surface area contributed by atoms with Crippen molar-refractivity contribution in [2.75, 3.05) is 34.0 Å². The molecule has 2 aromatic carbocycles. The summed E-state index contributed by atoms with van der Waals surface area (Å²) in [5.74, 6) is -3.60. The highest BCUT2D eigenvalue weighted by atomic mass is 79.9. The van der Waals surface area contributed by atoms with E-state index in [4.69, 9.17) is 37.9 Å². The van der Waals surface area contributed by atoms with Gasteiger partial charge in [0.2, 0.25) is 0 Å². The molecule has 53 heavy (non-hydrogen) atoms. The van der Waals surface area contributed by atoms with Crippen LogP contribution in [0.3, 0.4) is 0 Å². The van der Waals surface area contributed by atoms with Crippen molar-refractivity contribution >= 4 is 33.7 Å². The molecule has 0 saturated carbocycles. The van der Waals surface area contributed by atoms with Crippen molar-refractivity contribution in [3.05, 3.63) is 82.3 Å². The number of cyclic esters (lactones) is 1. The molecule has 2 amide bonds. The van der Waals surface area contributed by atoms with Crippen LogP contribution < -0.4 is 0 Å². The van der Waals surface area contributed by atoms with E-state index in [0.29, 0.717) is 0 Å².